The Hall–Kier alpha value is -1.68. The lowest BCUT2D eigenvalue weighted by Gasteiger charge is -2.25. The van der Waals surface area contributed by atoms with Crippen molar-refractivity contribution in [2.75, 3.05) is 14.2 Å². The molecule has 106 valence electrons. The standard InChI is InChI=1S/C17H20O3/c1-18-17(19-2)16(15-11-7-4-8-12-15)20-13-14-9-5-3-6-10-14/h3-12,16-17H,13H2,1-2H3. The molecule has 3 nitrogen and oxygen atoms in total. The van der Waals surface area contributed by atoms with Gasteiger partial charge in [0.25, 0.3) is 0 Å². The summed E-state index contributed by atoms with van der Waals surface area (Å²) in [6.07, 6.45) is -0.687. The van der Waals surface area contributed by atoms with Crippen molar-refractivity contribution in [1.82, 2.24) is 0 Å². The second kappa shape index (κ2) is 7.80. The van der Waals surface area contributed by atoms with Crippen molar-refractivity contribution >= 4 is 0 Å². The van der Waals surface area contributed by atoms with Gasteiger partial charge < -0.3 is 14.2 Å². The summed E-state index contributed by atoms with van der Waals surface area (Å²) >= 11 is 0. The predicted octanol–water partition coefficient (Wildman–Crippen LogP) is 3.56. The van der Waals surface area contributed by atoms with Crippen LogP contribution in [0.25, 0.3) is 0 Å². The first-order chi connectivity index (χ1) is 9.85. The van der Waals surface area contributed by atoms with Crippen LogP contribution < -0.4 is 0 Å². The van der Waals surface area contributed by atoms with Crippen LogP contribution in [0.3, 0.4) is 0 Å². The summed E-state index contributed by atoms with van der Waals surface area (Å²) in [7, 11) is 3.24. The van der Waals surface area contributed by atoms with E-state index in [0.717, 1.165) is 11.1 Å². The van der Waals surface area contributed by atoms with E-state index in [2.05, 4.69) is 0 Å². The van der Waals surface area contributed by atoms with Crippen molar-refractivity contribution in [3.8, 4) is 0 Å². The van der Waals surface area contributed by atoms with Crippen molar-refractivity contribution in [2.24, 2.45) is 0 Å². The molecule has 0 aliphatic heterocycles. The lowest BCUT2D eigenvalue weighted by molar-refractivity contribution is -0.187. The first kappa shape index (κ1) is 14.7. The molecule has 0 saturated heterocycles. The Labute approximate surface area is 120 Å². The lowest BCUT2D eigenvalue weighted by Crippen LogP contribution is -2.25. The van der Waals surface area contributed by atoms with Gasteiger partial charge in [-0.05, 0) is 11.1 Å². The zero-order valence-electron chi connectivity index (χ0n) is 11.9. The number of hydrogen-bond donors (Lipinski definition) is 0. The molecule has 0 amide bonds. The van der Waals surface area contributed by atoms with Crippen LogP contribution in [-0.4, -0.2) is 20.5 Å². The molecule has 1 unspecified atom stereocenters. The van der Waals surface area contributed by atoms with E-state index >= 15 is 0 Å². The van der Waals surface area contributed by atoms with Crippen molar-refractivity contribution < 1.29 is 14.2 Å². The Bertz CT molecular complexity index is 480. The minimum atomic E-state index is -0.430. The summed E-state index contributed by atoms with van der Waals surface area (Å²) in [5, 5.41) is 0. The van der Waals surface area contributed by atoms with Gasteiger partial charge in [-0.15, -0.1) is 0 Å². The van der Waals surface area contributed by atoms with E-state index < -0.39 is 6.29 Å². The molecular weight excluding hydrogens is 252 g/mol. The summed E-state index contributed by atoms with van der Waals surface area (Å²) < 4.78 is 16.7. The number of ether oxygens (including phenoxy) is 3. The quantitative estimate of drug-likeness (QED) is 0.721. The van der Waals surface area contributed by atoms with Crippen LogP contribution in [0.15, 0.2) is 60.7 Å². The number of benzene rings is 2. The van der Waals surface area contributed by atoms with Crippen molar-refractivity contribution in [2.45, 2.75) is 19.0 Å². The van der Waals surface area contributed by atoms with Gasteiger partial charge >= 0.3 is 0 Å². The van der Waals surface area contributed by atoms with E-state index in [1.807, 2.05) is 60.7 Å². The number of hydrogen-bond acceptors (Lipinski definition) is 3. The van der Waals surface area contributed by atoms with Gasteiger partial charge in [0.05, 0.1) is 6.61 Å². The maximum Gasteiger partial charge on any atom is 0.187 e. The number of methoxy groups -OCH3 is 2. The average Bonchev–Trinajstić information content (AvgIpc) is 2.53. The molecule has 0 aliphatic carbocycles. The van der Waals surface area contributed by atoms with Crippen molar-refractivity contribution in [3.63, 3.8) is 0 Å². The largest absolute Gasteiger partial charge is 0.364 e. The maximum absolute atomic E-state index is 6.01. The molecule has 2 rings (SSSR count). The van der Waals surface area contributed by atoms with Gasteiger partial charge in [-0.3, -0.25) is 0 Å². The molecule has 0 bridgehead atoms. The highest BCUT2D eigenvalue weighted by molar-refractivity contribution is 5.19. The monoisotopic (exact) mass is 272 g/mol. The van der Waals surface area contributed by atoms with Crippen LogP contribution in [-0.2, 0) is 20.8 Å². The Balaban J connectivity index is 2.11. The third-order valence-corrected chi connectivity index (χ3v) is 3.11. The summed E-state index contributed by atoms with van der Waals surface area (Å²) in [5.41, 5.74) is 2.16. The molecule has 2 aromatic rings. The molecular formula is C17H20O3. The molecule has 1 atom stereocenters. The van der Waals surface area contributed by atoms with Gasteiger partial charge in [-0.2, -0.15) is 0 Å². The van der Waals surface area contributed by atoms with E-state index in [-0.39, 0.29) is 6.10 Å². The lowest BCUT2D eigenvalue weighted by atomic mass is 10.1. The third-order valence-electron chi connectivity index (χ3n) is 3.11. The van der Waals surface area contributed by atoms with Gasteiger partial charge in [0.2, 0.25) is 0 Å². The van der Waals surface area contributed by atoms with E-state index in [1.165, 1.54) is 0 Å². The Kier molecular flexibility index (Phi) is 5.74. The maximum atomic E-state index is 6.01. The van der Waals surface area contributed by atoms with Crippen molar-refractivity contribution in [1.29, 1.82) is 0 Å². The Morgan fingerprint density at radius 3 is 1.90 bits per heavy atom. The molecule has 0 aromatic heterocycles. The summed E-state index contributed by atoms with van der Waals surface area (Å²) in [6.45, 7) is 0.517. The molecule has 0 radical (unpaired) electrons. The zero-order valence-corrected chi connectivity index (χ0v) is 11.9. The fourth-order valence-corrected chi connectivity index (χ4v) is 2.08. The fraction of sp³-hybridized carbons (Fsp3) is 0.294. The van der Waals surface area contributed by atoms with Crippen LogP contribution in [0.2, 0.25) is 0 Å². The predicted molar refractivity (Wildman–Crippen MR) is 78.2 cm³/mol. The van der Waals surface area contributed by atoms with Gasteiger partial charge in [0.1, 0.15) is 6.10 Å². The highest BCUT2D eigenvalue weighted by Gasteiger charge is 2.23. The Morgan fingerprint density at radius 1 is 0.800 bits per heavy atom. The Morgan fingerprint density at radius 2 is 1.35 bits per heavy atom. The molecule has 3 heteroatoms. The molecule has 0 heterocycles. The van der Waals surface area contributed by atoms with E-state index in [1.54, 1.807) is 14.2 Å². The first-order valence-corrected chi connectivity index (χ1v) is 6.61. The van der Waals surface area contributed by atoms with Crippen LogP contribution in [0.4, 0.5) is 0 Å². The molecule has 20 heavy (non-hydrogen) atoms. The van der Waals surface area contributed by atoms with Gasteiger partial charge in [-0.1, -0.05) is 60.7 Å². The molecule has 0 N–H and O–H groups in total. The second-order valence-electron chi connectivity index (χ2n) is 4.47. The smallest absolute Gasteiger partial charge is 0.187 e. The highest BCUT2D eigenvalue weighted by Crippen LogP contribution is 2.25. The summed E-state index contributed by atoms with van der Waals surface area (Å²) in [6, 6.07) is 20.0. The normalized spacial score (nSPS) is 12.6. The average molecular weight is 272 g/mol. The van der Waals surface area contributed by atoms with Gasteiger partial charge in [0.15, 0.2) is 6.29 Å². The fourth-order valence-electron chi connectivity index (χ4n) is 2.08. The van der Waals surface area contributed by atoms with E-state index in [4.69, 9.17) is 14.2 Å². The van der Waals surface area contributed by atoms with Crippen LogP contribution in [0.1, 0.15) is 17.2 Å². The SMILES string of the molecule is COC(OC)C(OCc1ccccc1)c1ccccc1. The minimum absolute atomic E-state index is 0.258. The molecule has 0 aliphatic rings. The second-order valence-corrected chi connectivity index (χ2v) is 4.47. The molecule has 0 spiro atoms. The zero-order chi connectivity index (χ0) is 14.2. The van der Waals surface area contributed by atoms with E-state index in [0.29, 0.717) is 6.61 Å². The van der Waals surface area contributed by atoms with Crippen LogP contribution in [0, 0.1) is 0 Å². The topological polar surface area (TPSA) is 27.7 Å². The molecule has 0 fully saturated rings. The van der Waals surface area contributed by atoms with Gasteiger partial charge in [0, 0.05) is 14.2 Å². The first-order valence-electron chi connectivity index (χ1n) is 6.61. The van der Waals surface area contributed by atoms with Crippen LogP contribution in [0.5, 0.6) is 0 Å². The highest BCUT2D eigenvalue weighted by atomic mass is 16.7. The number of rotatable bonds is 7. The summed E-state index contributed by atoms with van der Waals surface area (Å²) in [4.78, 5) is 0. The summed E-state index contributed by atoms with van der Waals surface area (Å²) in [5.74, 6) is 0. The molecule has 2 aromatic carbocycles. The third kappa shape index (κ3) is 3.90. The van der Waals surface area contributed by atoms with Crippen molar-refractivity contribution in [3.05, 3.63) is 71.8 Å². The van der Waals surface area contributed by atoms with Gasteiger partial charge in [-0.25, -0.2) is 0 Å². The minimum Gasteiger partial charge on any atom is -0.364 e. The molecule has 0 saturated carbocycles. The van der Waals surface area contributed by atoms with Crippen LogP contribution >= 0.6 is 0 Å². The van der Waals surface area contributed by atoms with E-state index in [9.17, 15) is 0 Å².